The van der Waals surface area contributed by atoms with E-state index >= 15 is 0 Å². The van der Waals surface area contributed by atoms with Crippen LogP contribution in [0.2, 0.25) is 0 Å². The first-order valence-electron chi connectivity index (χ1n) is 6.45. The second-order valence-electron chi connectivity index (χ2n) is 5.27. The van der Waals surface area contributed by atoms with Crippen LogP contribution in [-0.4, -0.2) is 29.7 Å². The highest BCUT2D eigenvalue weighted by Crippen LogP contribution is 2.43. The molecular weight excluding hydrogens is 204 g/mol. The summed E-state index contributed by atoms with van der Waals surface area (Å²) in [5.74, 6) is -0.494. The minimum absolute atomic E-state index is 0.494. The van der Waals surface area contributed by atoms with Crippen molar-refractivity contribution in [2.75, 3.05) is 13.2 Å². The summed E-state index contributed by atoms with van der Waals surface area (Å²) in [7, 11) is 0. The Balaban J connectivity index is 1.86. The van der Waals surface area contributed by atoms with Crippen LogP contribution in [0.3, 0.4) is 0 Å². The summed E-state index contributed by atoms with van der Waals surface area (Å²) in [6.07, 6.45) is 9.19. The average Bonchev–Trinajstić information content (AvgIpc) is 2.90. The molecular formula is C13H20O3. The molecule has 0 bridgehead atoms. The molecule has 0 aromatic carbocycles. The number of rotatable bonds is 1. The predicted molar refractivity (Wildman–Crippen MR) is 60.0 cm³/mol. The lowest BCUT2D eigenvalue weighted by Gasteiger charge is -2.35. The van der Waals surface area contributed by atoms with E-state index in [1.807, 2.05) is 0 Å². The van der Waals surface area contributed by atoms with E-state index < -0.39 is 11.4 Å². The highest BCUT2D eigenvalue weighted by atomic mass is 16.7. The quantitative estimate of drug-likeness (QED) is 0.694. The molecule has 3 rings (SSSR count). The molecule has 0 aromatic heterocycles. The van der Waals surface area contributed by atoms with Crippen molar-refractivity contribution in [3.63, 3.8) is 0 Å². The molecule has 3 nitrogen and oxygen atoms in total. The first-order chi connectivity index (χ1) is 7.73. The van der Waals surface area contributed by atoms with E-state index in [0.717, 1.165) is 50.5 Å². The number of ether oxygens (including phenoxy) is 2. The van der Waals surface area contributed by atoms with E-state index in [1.165, 1.54) is 0 Å². The van der Waals surface area contributed by atoms with Gasteiger partial charge in [0.05, 0.1) is 18.8 Å². The van der Waals surface area contributed by atoms with Crippen molar-refractivity contribution in [2.45, 2.75) is 56.3 Å². The largest absolute Gasteiger partial charge is 0.386 e. The maximum absolute atomic E-state index is 10.6. The van der Waals surface area contributed by atoms with Crippen LogP contribution >= 0.6 is 0 Å². The first kappa shape index (κ1) is 10.8. The van der Waals surface area contributed by atoms with E-state index in [-0.39, 0.29) is 0 Å². The smallest absolute Gasteiger partial charge is 0.188 e. The van der Waals surface area contributed by atoms with Gasteiger partial charge >= 0.3 is 0 Å². The maximum Gasteiger partial charge on any atom is 0.188 e. The lowest BCUT2D eigenvalue weighted by molar-refractivity contribution is -0.128. The molecule has 2 aliphatic carbocycles. The summed E-state index contributed by atoms with van der Waals surface area (Å²) in [5.41, 5.74) is 0.612. The highest BCUT2D eigenvalue weighted by Gasteiger charge is 2.42. The Kier molecular flexibility index (Phi) is 2.57. The van der Waals surface area contributed by atoms with Crippen LogP contribution in [0.25, 0.3) is 0 Å². The summed E-state index contributed by atoms with van der Waals surface area (Å²) in [6, 6.07) is 0. The van der Waals surface area contributed by atoms with Crippen LogP contribution in [0.15, 0.2) is 11.6 Å². The van der Waals surface area contributed by atoms with E-state index in [4.69, 9.17) is 9.47 Å². The fourth-order valence-electron chi connectivity index (χ4n) is 3.28. The Bertz CT molecular complexity index is 296. The molecule has 0 amide bonds. The van der Waals surface area contributed by atoms with Gasteiger partial charge in [-0.15, -0.1) is 0 Å². The molecule has 0 atom stereocenters. The van der Waals surface area contributed by atoms with E-state index in [2.05, 4.69) is 6.08 Å². The molecule has 16 heavy (non-hydrogen) atoms. The molecule has 2 fully saturated rings. The SMILES string of the molecule is OC1(C2=CC3(CCC2)OCCO3)CCCC1. The molecule has 1 saturated carbocycles. The molecule has 0 radical (unpaired) electrons. The first-order valence-corrected chi connectivity index (χ1v) is 6.45. The minimum atomic E-state index is -0.553. The fourth-order valence-corrected chi connectivity index (χ4v) is 3.28. The average molecular weight is 224 g/mol. The summed E-state index contributed by atoms with van der Waals surface area (Å²) in [5, 5.41) is 10.6. The molecule has 1 heterocycles. The lowest BCUT2D eigenvalue weighted by Crippen LogP contribution is -2.36. The summed E-state index contributed by atoms with van der Waals surface area (Å²) in [4.78, 5) is 0. The van der Waals surface area contributed by atoms with E-state index in [9.17, 15) is 5.11 Å². The zero-order valence-corrected chi connectivity index (χ0v) is 9.71. The van der Waals surface area contributed by atoms with Gasteiger partial charge in [-0.05, 0) is 37.3 Å². The Labute approximate surface area is 96.4 Å². The van der Waals surface area contributed by atoms with E-state index in [0.29, 0.717) is 13.2 Å². The van der Waals surface area contributed by atoms with Crippen LogP contribution in [0.1, 0.15) is 44.9 Å². The van der Waals surface area contributed by atoms with Crippen LogP contribution in [0, 0.1) is 0 Å². The molecule has 1 N–H and O–H groups in total. The Morgan fingerprint density at radius 3 is 2.38 bits per heavy atom. The van der Waals surface area contributed by atoms with Crippen LogP contribution < -0.4 is 0 Å². The lowest BCUT2D eigenvalue weighted by atomic mass is 9.82. The normalized spacial score (nSPS) is 31.9. The van der Waals surface area contributed by atoms with Crippen molar-refractivity contribution in [1.82, 2.24) is 0 Å². The van der Waals surface area contributed by atoms with Crippen LogP contribution in [0.5, 0.6) is 0 Å². The summed E-state index contributed by atoms with van der Waals surface area (Å²) in [6.45, 7) is 1.37. The third-order valence-corrected chi connectivity index (χ3v) is 4.17. The van der Waals surface area contributed by atoms with Crippen molar-refractivity contribution < 1.29 is 14.6 Å². The summed E-state index contributed by atoms with van der Waals surface area (Å²) < 4.78 is 11.4. The zero-order valence-electron chi connectivity index (χ0n) is 9.71. The van der Waals surface area contributed by atoms with Gasteiger partial charge in [0.1, 0.15) is 0 Å². The van der Waals surface area contributed by atoms with Gasteiger partial charge in [0.25, 0.3) is 0 Å². The molecule has 90 valence electrons. The Hall–Kier alpha value is -0.380. The summed E-state index contributed by atoms with van der Waals surface area (Å²) >= 11 is 0. The van der Waals surface area contributed by atoms with Gasteiger partial charge in [0.15, 0.2) is 5.79 Å². The molecule has 1 aliphatic heterocycles. The van der Waals surface area contributed by atoms with Crippen LogP contribution in [-0.2, 0) is 9.47 Å². The van der Waals surface area contributed by atoms with Gasteiger partial charge < -0.3 is 14.6 Å². The molecule has 0 aromatic rings. The van der Waals surface area contributed by atoms with Crippen LogP contribution in [0.4, 0.5) is 0 Å². The Morgan fingerprint density at radius 2 is 1.69 bits per heavy atom. The van der Waals surface area contributed by atoms with Gasteiger partial charge in [0, 0.05) is 6.42 Å². The molecule has 1 spiro atoms. The van der Waals surface area contributed by atoms with Gasteiger partial charge in [-0.25, -0.2) is 0 Å². The van der Waals surface area contributed by atoms with E-state index in [1.54, 1.807) is 0 Å². The second-order valence-corrected chi connectivity index (χ2v) is 5.27. The van der Waals surface area contributed by atoms with Gasteiger partial charge in [-0.1, -0.05) is 12.8 Å². The molecule has 3 heteroatoms. The minimum Gasteiger partial charge on any atom is -0.386 e. The number of aliphatic hydroxyl groups is 1. The van der Waals surface area contributed by atoms with Crippen molar-refractivity contribution in [3.05, 3.63) is 11.6 Å². The molecule has 0 unspecified atom stereocenters. The van der Waals surface area contributed by atoms with Gasteiger partial charge in [-0.3, -0.25) is 0 Å². The zero-order chi connectivity index (χ0) is 11.1. The Morgan fingerprint density at radius 1 is 1.00 bits per heavy atom. The third-order valence-electron chi connectivity index (χ3n) is 4.17. The van der Waals surface area contributed by atoms with Gasteiger partial charge in [0.2, 0.25) is 0 Å². The number of hydrogen-bond acceptors (Lipinski definition) is 3. The fraction of sp³-hybridized carbons (Fsp3) is 0.846. The van der Waals surface area contributed by atoms with Gasteiger partial charge in [-0.2, -0.15) is 0 Å². The predicted octanol–water partition coefficient (Wildman–Crippen LogP) is 2.14. The monoisotopic (exact) mass is 224 g/mol. The van der Waals surface area contributed by atoms with Crippen molar-refractivity contribution in [3.8, 4) is 0 Å². The highest BCUT2D eigenvalue weighted by molar-refractivity contribution is 5.24. The molecule has 1 saturated heterocycles. The topological polar surface area (TPSA) is 38.7 Å². The maximum atomic E-state index is 10.6. The third kappa shape index (κ3) is 1.71. The molecule has 3 aliphatic rings. The van der Waals surface area contributed by atoms with Crippen molar-refractivity contribution in [2.24, 2.45) is 0 Å². The van der Waals surface area contributed by atoms with Crippen molar-refractivity contribution in [1.29, 1.82) is 0 Å². The standard InChI is InChI=1S/C13H20O3/c14-12(5-1-2-6-12)11-4-3-7-13(10-11)15-8-9-16-13/h10,14H,1-9H2. The van der Waals surface area contributed by atoms with Crippen molar-refractivity contribution >= 4 is 0 Å². The number of hydrogen-bond donors (Lipinski definition) is 1. The second kappa shape index (κ2) is 3.83.